The van der Waals surface area contributed by atoms with Crippen molar-refractivity contribution < 1.29 is 14.3 Å². The van der Waals surface area contributed by atoms with Crippen LogP contribution in [-0.2, 0) is 9.53 Å². The predicted octanol–water partition coefficient (Wildman–Crippen LogP) is 3.81. The number of likely N-dealkylation sites (tertiary alicyclic amines) is 1. The summed E-state index contributed by atoms with van der Waals surface area (Å²) in [6.07, 6.45) is 8.13. The van der Waals surface area contributed by atoms with Gasteiger partial charge in [0.1, 0.15) is 0 Å². The number of allylic oxidation sites excluding steroid dienone is 2. The molecule has 1 saturated heterocycles. The van der Waals surface area contributed by atoms with Crippen molar-refractivity contribution in [3.8, 4) is 0 Å². The lowest BCUT2D eigenvalue weighted by atomic mass is 9.71. The monoisotopic (exact) mass is 309 g/mol. The third-order valence-corrected chi connectivity index (χ3v) is 6.20. The maximum absolute atomic E-state index is 12.7. The SMILES string of the molecule is C[Si](C)(C)CCOC(=O)N1CCCC2(CC=CCC2)C1=O. The van der Waals surface area contributed by atoms with Gasteiger partial charge in [-0.1, -0.05) is 31.8 Å². The molecule has 0 N–H and O–H groups in total. The fourth-order valence-corrected chi connectivity index (χ4v) is 3.79. The number of carbonyl (C=O) groups is 2. The Kier molecular flexibility index (Phi) is 4.91. The van der Waals surface area contributed by atoms with Crippen molar-refractivity contribution in [3.63, 3.8) is 0 Å². The summed E-state index contributed by atoms with van der Waals surface area (Å²) in [4.78, 5) is 26.3. The molecule has 0 aromatic rings. The minimum absolute atomic E-state index is 0.0175. The average molecular weight is 309 g/mol. The van der Waals surface area contributed by atoms with Crippen LogP contribution in [0.2, 0.25) is 25.7 Å². The first-order valence-electron chi connectivity index (χ1n) is 7.98. The van der Waals surface area contributed by atoms with Gasteiger partial charge >= 0.3 is 6.09 Å². The normalized spacial score (nSPS) is 26.2. The van der Waals surface area contributed by atoms with Gasteiger partial charge in [0.25, 0.3) is 0 Å². The number of rotatable bonds is 3. The molecule has 2 rings (SSSR count). The number of hydrogen-bond acceptors (Lipinski definition) is 3. The van der Waals surface area contributed by atoms with Gasteiger partial charge < -0.3 is 4.74 Å². The summed E-state index contributed by atoms with van der Waals surface area (Å²) in [5.74, 6) is -0.0175. The van der Waals surface area contributed by atoms with Crippen molar-refractivity contribution in [2.75, 3.05) is 13.2 Å². The van der Waals surface area contributed by atoms with Crippen molar-refractivity contribution in [2.24, 2.45) is 5.41 Å². The quantitative estimate of drug-likeness (QED) is 0.588. The molecule has 1 heterocycles. The fourth-order valence-electron chi connectivity index (χ4n) is 3.08. The van der Waals surface area contributed by atoms with E-state index in [0.717, 1.165) is 38.1 Å². The lowest BCUT2D eigenvalue weighted by Crippen LogP contribution is -2.51. The Balaban J connectivity index is 1.94. The lowest BCUT2D eigenvalue weighted by Gasteiger charge is -2.41. The van der Waals surface area contributed by atoms with Crippen LogP contribution in [0.1, 0.15) is 32.1 Å². The highest BCUT2D eigenvalue weighted by molar-refractivity contribution is 6.76. The molecular formula is C16H27NO3Si. The van der Waals surface area contributed by atoms with Crippen molar-refractivity contribution in [2.45, 2.75) is 57.8 Å². The molecule has 0 radical (unpaired) electrons. The third kappa shape index (κ3) is 3.96. The van der Waals surface area contributed by atoms with Gasteiger partial charge in [0.2, 0.25) is 5.91 Å². The van der Waals surface area contributed by atoms with E-state index in [9.17, 15) is 9.59 Å². The van der Waals surface area contributed by atoms with E-state index < -0.39 is 14.2 Å². The Morgan fingerprint density at radius 1 is 1.33 bits per heavy atom. The molecule has 1 aliphatic carbocycles. The standard InChI is InChI=1S/C16H27NO3Si/c1-21(2,3)13-12-20-15(19)17-11-7-10-16(14(17)18)8-5-4-6-9-16/h4-5H,6-13H2,1-3H3. The topological polar surface area (TPSA) is 46.6 Å². The molecule has 1 unspecified atom stereocenters. The van der Waals surface area contributed by atoms with Gasteiger partial charge in [-0.05, 0) is 38.1 Å². The lowest BCUT2D eigenvalue weighted by molar-refractivity contribution is -0.144. The molecule has 2 aliphatic rings. The van der Waals surface area contributed by atoms with Crippen molar-refractivity contribution in [3.05, 3.63) is 12.2 Å². The summed E-state index contributed by atoms with van der Waals surface area (Å²) < 4.78 is 5.34. The van der Waals surface area contributed by atoms with E-state index in [1.165, 1.54) is 4.90 Å². The van der Waals surface area contributed by atoms with E-state index in [1.807, 2.05) is 0 Å². The minimum atomic E-state index is -1.22. The molecule has 1 atom stereocenters. The van der Waals surface area contributed by atoms with E-state index in [1.54, 1.807) is 0 Å². The zero-order chi connectivity index (χ0) is 15.5. The molecule has 0 bridgehead atoms. The number of ether oxygens (including phenoxy) is 1. The van der Waals surface area contributed by atoms with Gasteiger partial charge in [0.15, 0.2) is 0 Å². The zero-order valence-corrected chi connectivity index (χ0v) is 14.5. The molecule has 5 heteroatoms. The van der Waals surface area contributed by atoms with Gasteiger partial charge in [-0.15, -0.1) is 0 Å². The minimum Gasteiger partial charge on any atom is -0.449 e. The summed E-state index contributed by atoms with van der Waals surface area (Å²) in [5.41, 5.74) is -0.342. The first kappa shape index (κ1) is 16.3. The Morgan fingerprint density at radius 3 is 2.71 bits per heavy atom. The van der Waals surface area contributed by atoms with Gasteiger partial charge in [-0.2, -0.15) is 0 Å². The molecule has 21 heavy (non-hydrogen) atoms. The number of imide groups is 1. The Labute approximate surface area is 128 Å². The maximum Gasteiger partial charge on any atom is 0.416 e. The molecule has 1 spiro atoms. The summed E-state index contributed by atoms with van der Waals surface area (Å²) in [5, 5.41) is 0. The van der Waals surface area contributed by atoms with E-state index in [4.69, 9.17) is 4.74 Å². The second kappa shape index (κ2) is 6.34. The fraction of sp³-hybridized carbons (Fsp3) is 0.750. The van der Waals surface area contributed by atoms with Crippen molar-refractivity contribution >= 4 is 20.1 Å². The smallest absolute Gasteiger partial charge is 0.416 e. The molecular weight excluding hydrogens is 282 g/mol. The van der Waals surface area contributed by atoms with E-state index in [-0.39, 0.29) is 11.3 Å². The van der Waals surface area contributed by atoms with Gasteiger partial charge in [-0.25, -0.2) is 9.69 Å². The number of hydrogen-bond donors (Lipinski definition) is 0. The van der Waals surface area contributed by atoms with Gasteiger partial charge in [0.05, 0.1) is 12.0 Å². The molecule has 4 nitrogen and oxygen atoms in total. The largest absolute Gasteiger partial charge is 0.449 e. The molecule has 1 aliphatic heterocycles. The number of carbonyl (C=O) groups excluding carboxylic acids is 2. The Morgan fingerprint density at radius 2 is 2.10 bits per heavy atom. The number of nitrogens with zero attached hydrogens (tertiary/aromatic N) is 1. The second-order valence-electron chi connectivity index (χ2n) is 7.48. The highest BCUT2D eigenvalue weighted by Gasteiger charge is 2.45. The highest BCUT2D eigenvalue weighted by Crippen LogP contribution is 2.41. The van der Waals surface area contributed by atoms with Crippen LogP contribution in [0.5, 0.6) is 0 Å². The van der Waals surface area contributed by atoms with Crippen LogP contribution in [-0.4, -0.2) is 38.1 Å². The molecule has 0 aromatic carbocycles. The van der Waals surface area contributed by atoms with E-state index in [0.29, 0.717) is 13.2 Å². The third-order valence-electron chi connectivity index (χ3n) is 4.50. The van der Waals surface area contributed by atoms with Crippen LogP contribution in [0.3, 0.4) is 0 Å². The summed E-state index contributed by atoms with van der Waals surface area (Å²) in [7, 11) is -1.22. The molecule has 0 saturated carbocycles. The van der Waals surface area contributed by atoms with Crippen LogP contribution in [0.4, 0.5) is 4.79 Å². The Bertz CT molecular complexity index is 441. The van der Waals surface area contributed by atoms with Crippen LogP contribution in [0.25, 0.3) is 0 Å². The van der Waals surface area contributed by atoms with E-state index >= 15 is 0 Å². The van der Waals surface area contributed by atoms with Crippen LogP contribution in [0, 0.1) is 5.41 Å². The molecule has 0 aromatic heterocycles. The van der Waals surface area contributed by atoms with Crippen LogP contribution >= 0.6 is 0 Å². The van der Waals surface area contributed by atoms with Gasteiger partial charge in [-0.3, -0.25) is 4.79 Å². The van der Waals surface area contributed by atoms with Crippen LogP contribution < -0.4 is 0 Å². The zero-order valence-electron chi connectivity index (χ0n) is 13.5. The van der Waals surface area contributed by atoms with Gasteiger partial charge in [0, 0.05) is 14.6 Å². The van der Waals surface area contributed by atoms with Crippen LogP contribution in [0.15, 0.2) is 12.2 Å². The maximum atomic E-state index is 12.7. The van der Waals surface area contributed by atoms with E-state index in [2.05, 4.69) is 31.8 Å². The molecule has 2 amide bonds. The second-order valence-corrected chi connectivity index (χ2v) is 13.1. The first-order chi connectivity index (χ1) is 9.84. The summed E-state index contributed by atoms with van der Waals surface area (Å²) in [6.45, 7) is 7.68. The van der Waals surface area contributed by atoms with Crippen molar-refractivity contribution in [1.82, 2.24) is 4.90 Å². The first-order valence-corrected chi connectivity index (χ1v) is 11.7. The summed E-state index contributed by atoms with van der Waals surface area (Å²) in [6, 6.07) is 0.939. The Hall–Kier alpha value is -1.10. The molecule has 1 fully saturated rings. The molecule has 118 valence electrons. The number of amides is 2. The summed E-state index contributed by atoms with van der Waals surface area (Å²) >= 11 is 0. The predicted molar refractivity (Wildman–Crippen MR) is 85.9 cm³/mol. The highest BCUT2D eigenvalue weighted by atomic mass is 28.3. The number of piperidine rings is 1. The van der Waals surface area contributed by atoms with Crippen molar-refractivity contribution in [1.29, 1.82) is 0 Å². The average Bonchev–Trinajstić information content (AvgIpc) is 2.41.